The summed E-state index contributed by atoms with van der Waals surface area (Å²) in [5, 5.41) is 8.61. The highest BCUT2D eigenvalue weighted by Crippen LogP contribution is 2.24. The monoisotopic (exact) mass is 295 g/mol. The van der Waals surface area contributed by atoms with Crippen LogP contribution in [-0.2, 0) is 0 Å². The second-order valence-electron chi connectivity index (χ2n) is 4.05. The van der Waals surface area contributed by atoms with E-state index in [0.717, 1.165) is 6.08 Å². The summed E-state index contributed by atoms with van der Waals surface area (Å²) in [5.74, 6) is -9.96. The molecular weight excluding hydrogens is 289 g/mol. The third-order valence-electron chi connectivity index (χ3n) is 2.73. The van der Waals surface area contributed by atoms with Gasteiger partial charge in [0.1, 0.15) is 0 Å². The van der Waals surface area contributed by atoms with Crippen LogP contribution in [0.3, 0.4) is 0 Å². The largest absolute Gasteiger partial charge is 0.203 e. The lowest BCUT2D eigenvalue weighted by atomic mass is 10.1. The topological polar surface area (TPSA) is 23.8 Å². The van der Waals surface area contributed by atoms with E-state index in [2.05, 4.69) is 0 Å². The van der Waals surface area contributed by atoms with E-state index < -0.39 is 34.6 Å². The Balaban J connectivity index is 2.44. The molecule has 106 valence electrons. The predicted octanol–water partition coefficient (Wildman–Crippen LogP) is 4.42. The van der Waals surface area contributed by atoms with Crippen LogP contribution in [0.4, 0.5) is 22.0 Å². The summed E-state index contributed by atoms with van der Waals surface area (Å²) in [7, 11) is 0. The van der Waals surface area contributed by atoms with E-state index in [0.29, 0.717) is 11.1 Å². The quantitative estimate of drug-likeness (QED) is 0.348. The van der Waals surface area contributed by atoms with Crippen LogP contribution in [0.15, 0.2) is 24.3 Å². The Labute approximate surface area is 116 Å². The summed E-state index contributed by atoms with van der Waals surface area (Å²) < 4.78 is 65.7. The van der Waals surface area contributed by atoms with Crippen LogP contribution in [0, 0.1) is 40.4 Å². The van der Waals surface area contributed by atoms with Gasteiger partial charge in [0.15, 0.2) is 23.3 Å². The second kappa shape index (κ2) is 5.75. The molecule has 0 atom stereocenters. The van der Waals surface area contributed by atoms with Crippen molar-refractivity contribution in [3.63, 3.8) is 0 Å². The van der Waals surface area contributed by atoms with Gasteiger partial charge >= 0.3 is 0 Å². The summed E-state index contributed by atoms with van der Waals surface area (Å²) >= 11 is 0. The fraction of sp³-hybridized carbons (Fsp3) is 0. The van der Waals surface area contributed by atoms with Crippen molar-refractivity contribution in [1.29, 1.82) is 5.26 Å². The molecule has 0 bridgehead atoms. The first kappa shape index (κ1) is 14.7. The molecule has 0 radical (unpaired) electrons. The molecule has 0 amide bonds. The molecule has 0 aliphatic carbocycles. The van der Waals surface area contributed by atoms with Crippen LogP contribution >= 0.6 is 0 Å². The van der Waals surface area contributed by atoms with E-state index >= 15 is 0 Å². The average molecular weight is 295 g/mol. The Morgan fingerprint density at radius 3 is 1.67 bits per heavy atom. The number of benzene rings is 2. The molecule has 0 saturated heterocycles. The smallest absolute Gasteiger partial charge is 0.200 e. The van der Waals surface area contributed by atoms with E-state index in [-0.39, 0.29) is 0 Å². The standard InChI is InChI=1S/C15H6F5N/c16-11-10(12(17)14(19)15(20)13(11)18)6-5-8-1-3-9(7-21)4-2-8/h1-6H. The molecular formula is C15H6F5N. The van der Waals surface area contributed by atoms with Gasteiger partial charge in [-0.1, -0.05) is 18.2 Å². The lowest BCUT2D eigenvalue weighted by Crippen LogP contribution is -2.03. The van der Waals surface area contributed by atoms with Crippen LogP contribution in [0.5, 0.6) is 0 Å². The van der Waals surface area contributed by atoms with Gasteiger partial charge in [0.25, 0.3) is 0 Å². The third-order valence-corrected chi connectivity index (χ3v) is 2.73. The average Bonchev–Trinajstić information content (AvgIpc) is 2.51. The molecule has 2 aromatic rings. The maximum absolute atomic E-state index is 13.4. The molecule has 0 heterocycles. The Kier molecular flexibility index (Phi) is 4.03. The van der Waals surface area contributed by atoms with Gasteiger partial charge in [-0.3, -0.25) is 0 Å². The van der Waals surface area contributed by atoms with E-state index in [4.69, 9.17) is 5.26 Å². The van der Waals surface area contributed by atoms with Gasteiger partial charge in [0.2, 0.25) is 5.82 Å². The van der Waals surface area contributed by atoms with Crippen LogP contribution < -0.4 is 0 Å². The lowest BCUT2D eigenvalue weighted by Gasteiger charge is -2.04. The molecule has 6 heteroatoms. The first-order valence-electron chi connectivity index (χ1n) is 5.65. The zero-order valence-electron chi connectivity index (χ0n) is 10.3. The van der Waals surface area contributed by atoms with Gasteiger partial charge in [0, 0.05) is 0 Å². The Morgan fingerprint density at radius 1 is 0.714 bits per heavy atom. The van der Waals surface area contributed by atoms with Gasteiger partial charge in [-0.2, -0.15) is 5.26 Å². The van der Waals surface area contributed by atoms with Gasteiger partial charge in [-0.25, -0.2) is 22.0 Å². The Bertz CT molecular complexity index is 728. The number of hydrogen-bond acceptors (Lipinski definition) is 1. The van der Waals surface area contributed by atoms with Crippen molar-refractivity contribution in [2.24, 2.45) is 0 Å². The van der Waals surface area contributed by atoms with Gasteiger partial charge in [-0.15, -0.1) is 0 Å². The predicted molar refractivity (Wildman–Crippen MR) is 66.3 cm³/mol. The minimum Gasteiger partial charge on any atom is -0.203 e. The number of halogens is 5. The number of nitrogens with zero attached hydrogens (tertiary/aromatic N) is 1. The van der Waals surface area contributed by atoms with E-state index in [1.807, 2.05) is 6.07 Å². The number of hydrogen-bond donors (Lipinski definition) is 0. The molecule has 0 aliphatic rings. The Morgan fingerprint density at radius 2 is 1.19 bits per heavy atom. The van der Waals surface area contributed by atoms with E-state index in [1.165, 1.54) is 30.3 Å². The second-order valence-corrected chi connectivity index (χ2v) is 4.05. The molecule has 0 spiro atoms. The SMILES string of the molecule is N#Cc1ccc(C=Cc2c(F)c(F)c(F)c(F)c2F)cc1. The summed E-state index contributed by atoms with van der Waals surface area (Å²) in [5.41, 5.74) is -0.197. The fourth-order valence-electron chi connectivity index (χ4n) is 1.62. The molecule has 0 aromatic heterocycles. The van der Waals surface area contributed by atoms with Crippen LogP contribution in [0.1, 0.15) is 16.7 Å². The fourth-order valence-corrected chi connectivity index (χ4v) is 1.62. The van der Waals surface area contributed by atoms with Crippen LogP contribution in [-0.4, -0.2) is 0 Å². The molecule has 2 rings (SSSR count). The summed E-state index contributed by atoms with van der Waals surface area (Å²) in [6, 6.07) is 7.74. The lowest BCUT2D eigenvalue weighted by molar-refractivity contribution is 0.377. The van der Waals surface area contributed by atoms with Crippen molar-refractivity contribution in [3.8, 4) is 6.07 Å². The van der Waals surface area contributed by atoms with Crippen LogP contribution in [0.25, 0.3) is 12.2 Å². The molecule has 1 nitrogen and oxygen atoms in total. The van der Waals surface area contributed by atoms with Gasteiger partial charge < -0.3 is 0 Å². The van der Waals surface area contributed by atoms with E-state index in [1.54, 1.807) is 0 Å². The number of nitriles is 1. The Hall–Kier alpha value is -2.68. The highest BCUT2D eigenvalue weighted by Gasteiger charge is 2.24. The highest BCUT2D eigenvalue weighted by atomic mass is 19.2. The minimum absolute atomic E-state index is 0.378. The molecule has 21 heavy (non-hydrogen) atoms. The van der Waals surface area contributed by atoms with E-state index in [9.17, 15) is 22.0 Å². The summed E-state index contributed by atoms with van der Waals surface area (Å²) in [6.07, 6.45) is 1.97. The van der Waals surface area contributed by atoms with Crippen molar-refractivity contribution in [2.45, 2.75) is 0 Å². The third kappa shape index (κ3) is 2.77. The molecule has 2 aromatic carbocycles. The molecule has 0 N–H and O–H groups in total. The first-order chi connectivity index (χ1) is 9.95. The van der Waals surface area contributed by atoms with Crippen molar-refractivity contribution in [2.75, 3.05) is 0 Å². The van der Waals surface area contributed by atoms with Gasteiger partial charge in [-0.05, 0) is 23.8 Å². The van der Waals surface area contributed by atoms with Crippen molar-refractivity contribution >= 4 is 12.2 Å². The minimum atomic E-state index is -2.19. The summed E-state index contributed by atoms with van der Waals surface area (Å²) in [4.78, 5) is 0. The zero-order valence-corrected chi connectivity index (χ0v) is 10.3. The number of rotatable bonds is 2. The van der Waals surface area contributed by atoms with Crippen LogP contribution in [0.2, 0.25) is 0 Å². The molecule has 0 saturated carbocycles. The van der Waals surface area contributed by atoms with Gasteiger partial charge in [0.05, 0.1) is 17.2 Å². The molecule has 0 aliphatic heterocycles. The molecule has 0 fully saturated rings. The van der Waals surface area contributed by atoms with Crippen molar-refractivity contribution in [1.82, 2.24) is 0 Å². The first-order valence-corrected chi connectivity index (χ1v) is 5.65. The summed E-state index contributed by atoms with van der Waals surface area (Å²) in [6.45, 7) is 0. The van der Waals surface area contributed by atoms with Crippen molar-refractivity contribution in [3.05, 3.63) is 70.0 Å². The molecule has 0 unspecified atom stereocenters. The van der Waals surface area contributed by atoms with Crippen molar-refractivity contribution < 1.29 is 22.0 Å². The maximum atomic E-state index is 13.4. The zero-order chi connectivity index (χ0) is 15.6. The maximum Gasteiger partial charge on any atom is 0.200 e. The normalized spacial score (nSPS) is 10.9. The highest BCUT2D eigenvalue weighted by molar-refractivity contribution is 5.70.